The lowest BCUT2D eigenvalue weighted by molar-refractivity contribution is 0.0699. The van der Waals surface area contributed by atoms with Gasteiger partial charge in [0.1, 0.15) is 0 Å². The van der Waals surface area contributed by atoms with Crippen LogP contribution in [0.15, 0.2) is 24.4 Å². The Bertz CT molecular complexity index is 519. The minimum atomic E-state index is -0.868. The van der Waals surface area contributed by atoms with Crippen molar-refractivity contribution in [2.75, 3.05) is 5.75 Å². The van der Waals surface area contributed by atoms with Crippen molar-refractivity contribution in [1.82, 2.24) is 4.98 Å². The zero-order chi connectivity index (χ0) is 11.5. The van der Waals surface area contributed by atoms with E-state index in [4.69, 9.17) is 5.11 Å². The Morgan fingerprint density at radius 3 is 3.00 bits per heavy atom. The van der Waals surface area contributed by atoms with Gasteiger partial charge in [0.05, 0.1) is 5.56 Å². The van der Waals surface area contributed by atoms with Gasteiger partial charge >= 0.3 is 5.97 Å². The smallest absolute Gasteiger partial charge is 0.336 e. The number of carboxylic acids is 1. The molecule has 0 aliphatic heterocycles. The summed E-state index contributed by atoms with van der Waals surface area (Å²) in [6.45, 7) is 2.09. The van der Waals surface area contributed by atoms with Crippen molar-refractivity contribution in [3.63, 3.8) is 0 Å². The Labute approximate surface area is 97.9 Å². The molecule has 0 radical (unpaired) electrons. The lowest BCUT2D eigenvalue weighted by atomic mass is 10.1. The number of hydrogen-bond acceptors (Lipinski definition) is 2. The predicted molar refractivity (Wildman–Crippen MR) is 67.1 cm³/mol. The number of aromatic amines is 1. The molecular formula is C12H13NO2S. The van der Waals surface area contributed by atoms with Crippen molar-refractivity contribution in [2.24, 2.45) is 0 Å². The van der Waals surface area contributed by atoms with E-state index in [1.165, 1.54) is 0 Å². The van der Waals surface area contributed by atoms with Gasteiger partial charge in [-0.25, -0.2) is 4.79 Å². The molecule has 0 aliphatic rings. The summed E-state index contributed by atoms with van der Waals surface area (Å²) in [5.74, 6) is 1.01. The molecule has 2 N–H and O–H groups in total. The molecule has 4 heteroatoms. The van der Waals surface area contributed by atoms with Gasteiger partial charge in [0, 0.05) is 22.9 Å². The van der Waals surface area contributed by atoms with Crippen molar-refractivity contribution in [1.29, 1.82) is 0 Å². The van der Waals surface area contributed by atoms with E-state index in [0.717, 1.165) is 28.0 Å². The Kier molecular flexibility index (Phi) is 3.19. The Hall–Kier alpha value is -1.42. The van der Waals surface area contributed by atoms with Crippen LogP contribution in [0.25, 0.3) is 10.9 Å². The van der Waals surface area contributed by atoms with Crippen LogP contribution in [0.4, 0.5) is 0 Å². The van der Waals surface area contributed by atoms with Crippen LogP contribution in [0.5, 0.6) is 0 Å². The molecule has 2 aromatic rings. The number of carbonyl (C=O) groups is 1. The Morgan fingerprint density at radius 1 is 1.50 bits per heavy atom. The second-order valence-corrected chi connectivity index (χ2v) is 4.76. The first-order valence-electron chi connectivity index (χ1n) is 5.14. The van der Waals surface area contributed by atoms with Gasteiger partial charge in [-0.15, -0.1) is 0 Å². The first kappa shape index (κ1) is 11.1. The van der Waals surface area contributed by atoms with Crippen LogP contribution in [-0.2, 0) is 5.75 Å². The highest BCUT2D eigenvalue weighted by molar-refractivity contribution is 7.98. The maximum Gasteiger partial charge on any atom is 0.336 e. The molecule has 1 heterocycles. The number of hydrogen-bond donors (Lipinski definition) is 2. The lowest BCUT2D eigenvalue weighted by Crippen LogP contribution is -1.97. The number of benzene rings is 1. The molecule has 1 aromatic carbocycles. The quantitative estimate of drug-likeness (QED) is 0.856. The van der Waals surface area contributed by atoms with Crippen LogP contribution in [0, 0.1) is 0 Å². The second-order valence-electron chi connectivity index (χ2n) is 3.48. The molecule has 0 saturated carbocycles. The minimum absolute atomic E-state index is 0.380. The summed E-state index contributed by atoms with van der Waals surface area (Å²) >= 11 is 1.79. The third-order valence-electron chi connectivity index (χ3n) is 2.48. The highest BCUT2D eigenvalue weighted by atomic mass is 32.2. The number of H-pyrrole nitrogens is 1. The topological polar surface area (TPSA) is 53.1 Å². The van der Waals surface area contributed by atoms with E-state index in [9.17, 15) is 4.79 Å². The molecule has 0 fully saturated rings. The summed E-state index contributed by atoms with van der Waals surface area (Å²) in [6, 6.07) is 5.32. The number of carboxylic acid groups (broad SMARTS) is 1. The maximum atomic E-state index is 11.1. The van der Waals surface area contributed by atoms with Crippen LogP contribution in [0.3, 0.4) is 0 Å². The van der Waals surface area contributed by atoms with E-state index >= 15 is 0 Å². The lowest BCUT2D eigenvalue weighted by Gasteiger charge is -2.01. The van der Waals surface area contributed by atoms with Gasteiger partial charge < -0.3 is 10.1 Å². The third-order valence-corrected chi connectivity index (χ3v) is 3.40. The van der Waals surface area contributed by atoms with Crippen LogP contribution < -0.4 is 0 Å². The fourth-order valence-electron chi connectivity index (χ4n) is 1.76. The van der Waals surface area contributed by atoms with Crippen molar-refractivity contribution < 1.29 is 9.90 Å². The summed E-state index contributed by atoms with van der Waals surface area (Å²) < 4.78 is 0. The number of fused-ring (bicyclic) bond motifs is 1. The van der Waals surface area contributed by atoms with Crippen LogP contribution >= 0.6 is 11.8 Å². The molecule has 0 aliphatic carbocycles. The molecule has 0 unspecified atom stereocenters. The van der Waals surface area contributed by atoms with E-state index in [2.05, 4.69) is 11.9 Å². The van der Waals surface area contributed by atoms with Gasteiger partial charge in [-0.2, -0.15) is 11.8 Å². The molecule has 1 aromatic heterocycles. The standard InChI is InChI=1S/C12H13NO2S/c1-2-16-7-8-6-13-10-5-3-4-9(11(8)10)12(14)15/h3-6,13H,2,7H2,1H3,(H,14,15). The summed E-state index contributed by atoms with van der Waals surface area (Å²) in [4.78, 5) is 14.2. The first-order valence-corrected chi connectivity index (χ1v) is 6.29. The molecule has 84 valence electrons. The molecule has 2 rings (SSSR count). The van der Waals surface area contributed by atoms with Crippen molar-refractivity contribution >= 4 is 28.6 Å². The summed E-state index contributed by atoms with van der Waals surface area (Å²) in [5, 5.41) is 9.97. The Morgan fingerprint density at radius 2 is 2.31 bits per heavy atom. The van der Waals surface area contributed by atoms with Gasteiger partial charge in [0.15, 0.2) is 0 Å². The fraction of sp³-hybridized carbons (Fsp3) is 0.250. The molecular weight excluding hydrogens is 222 g/mol. The van der Waals surface area contributed by atoms with Gasteiger partial charge in [0.2, 0.25) is 0 Å². The van der Waals surface area contributed by atoms with Crippen molar-refractivity contribution in [3.05, 3.63) is 35.5 Å². The highest BCUT2D eigenvalue weighted by Crippen LogP contribution is 2.25. The fourth-order valence-corrected chi connectivity index (χ4v) is 2.41. The third kappa shape index (κ3) is 1.93. The predicted octanol–water partition coefficient (Wildman–Crippen LogP) is 3.12. The average molecular weight is 235 g/mol. The van der Waals surface area contributed by atoms with Crippen LogP contribution in [0.1, 0.15) is 22.8 Å². The molecule has 0 bridgehead atoms. The van der Waals surface area contributed by atoms with Gasteiger partial charge in [-0.3, -0.25) is 0 Å². The van der Waals surface area contributed by atoms with Gasteiger partial charge in [-0.1, -0.05) is 13.0 Å². The summed E-state index contributed by atoms with van der Waals surface area (Å²) in [5.41, 5.74) is 2.34. The van der Waals surface area contributed by atoms with E-state index in [0.29, 0.717) is 5.56 Å². The van der Waals surface area contributed by atoms with E-state index in [1.807, 2.05) is 12.3 Å². The summed E-state index contributed by atoms with van der Waals surface area (Å²) in [7, 11) is 0. The van der Waals surface area contributed by atoms with Crippen LogP contribution in [-0.4, -0.2) is 21.8 Å². The molecule has 0 atom stereocenters. The molecule has 0 saturated heterocycles. The normalized spacial score (nSPS) is 10.8. The number of rotatable bonds is 4. The van der Waals surface area contributed by atoms with E-state index < -0.39 is 5.97 Å². The molecule has 3 nitrogen and oxygen atoms in total. The molecule has 16 heavy (non-hydrogen) atoms. The van der Waals surface area contributed by atoms with Gasteiger partial charge in [0.25, 0.3) is 0 Å². The largest absolute Gasteiger partial charge is 0.478 e. The first-order chi connectivity index (χ1) is 7.74. The maximum absolute atomic E-state index is 11.1. The van der Waals surface area contributed by atoms with Crippen molar-refractivity contribution in [3.8, 4) is 0 Å². The average Bonchev–Trinajstić information content (AvgIpc) is 2.69. The van der Waals surface area contributed by atoms with Crippen molar-refractivity contribution in [2.45, 2.75) is 12.7 Å². The number of nitrogens with one attached hydrogen (secondary N) is 1. The minimum Gasteiger partial charge on any atom is -0.478 e. The van der Waals surface area contributed by atoms with Crippen LogP contribution in [0.2, 0.25) is 0 Å². The number of thioether (sulfide) groups is 1. The Balaban J connectivity index is 2.54. The monoisotopic (exact) mass is 235 g/mol. The SMILES string of the molecule is CCSCc1c[nH]c2cccc(C(=O)O)c12. The zero-order valence-corrected chi connectivity index (χ0v) is 9.80. The summed E-state index contributed by atoms with van der Waals surface area (Å²) in [6.07, 6.45) is 1.90. The zero-order valence-electron chi connectivity index (χ0n) is 8.99. The molecule has 0 amide bonds. The number of aromatic nitrogens is 1. The number of aromatic carboxylic acids is 1. The van der Waals surface area contributed by atoms with E-state index in [-0.39, 0.29) is 0 Å². The molecule has 0 spiro atoms. The van der Waals surface area contributed by atoms with Gasteiger partial charge in [-0.05, 0) is 23.4 Å². The highest BCUT2D eigenvalue weighted by Gasteiger charge is 2.12. The van der Waals surface area contributed by atoms with E-state index in [1.54, 1.807) is 23.9 Å². The second kappa shape index (κ2) is 4.61.